The zero-order chi connectivity index (χ0) is 19.5. The van der Waals surface area contributed by atoms with E-state index >= 15 is 0 Å². The van der Waals surface area contributed by atoms with Gasteiger partial charge in [0.25, 0.3) is 5.91 Å². The molecule has 3 unspecified atom stereocenters. The normalized spacial score (nSPS) is 22.4. The molecule has 146 valence electrons. The first-order valence-electron chi connectivity index (χ1n) is 10.1. The van der Waals surface area contributed by atoms with Crippen LogP contribution in [-0.4, -0.2) is 25.0 Å². The Balaban J connectivity index is 0.000000791. The Morgan fingerprint density at radius 2 is 1.69 bits per heavy atom. The standard InChI is InChI=1S/C18H23NO3.2C2H6/c1-12-2-5-14(6-3-12)18(21)19-10-17(20)22-11-16-9-13-4-7-15(16)8-13;2*1-2/h2-3,5-6,13,15-16H,4,7-11H2,1H3,(H,19,21);2*1-2H3. The zero-order valence-electron chi connectivity index (χ0n) is 17.0. The van der Waals surface area contributed by atoms with Gasteiger partial charge in [-0.15, -0.1) is 0 Å². The van der Waals surface area contributed by atoms with Crippen molar-refractivity contribution in [2.45, 2.75) is 60.3 Å². The van der Waals surface area contributed by atoms with Gasteiger partial charge in [-0.2, -0.15) is 0 Å². The zero-order valence-corrected chi connectivity index (χ0v) is 17.0. The van der Waals surface area contributed by atoms with Gasteiger partial charge in [-0.3, -0.25) is 9.59 Å². The van der Waals surface area contributed by atoms with Crippen LogP contribution < -0.4 is 5.32 Å². The summed E-state index contributed by atoms with van der Waals surface area (Å²) in [4.78, 5) is 23.7. The summed E-state index contributed by atoms with van der Waals surface area (Å²) in [6.07, 6.45) is 5.15. The van der Waals surface area contributed by atoms with E-state index in [1.54, 1.807) is 12.1 Å². The molecule has 2 fully saturated rings. The monoisotopic (exact) mass is 361 g/mol. The highest BCUT2D eigenvalue weighted by Gasteiger charge is 2.39. The van der Waals surface area contributed by atoms with Gasteiger partial charge in [0.15, 0.2) is 0 Å². The molecule has 4 nitrogen and oxygen atoms in total. The maximum atomic E-state index is 11.9. The third-order valence-electron chi connectivity index (χ3n) is 5.05. The lowest BCUT2D eigenvalue weighted by molar-refractivity contribution is -0.144. The van der Waals surface area contributed by atoms with Gasteiger partial charge in [-0.1, -0.05) is 51.8 Å². The van der Waals surface area contributed by atoms with Crippen LogP contribution in [-0.2, 0) is 9.53 Å². The molecule has 2 saturated carbocycles. The fourth-order valence-corrected chi connectivity index (χ4v) is 3.79. The Hall–Kier alpha value is -1.84. The number of nitrogens with one attached hydrogen (secondary N) is 1. The van der Waals surface area contributed by atoms with E-state index in [0.717, 1.165) is 17.4 Å². The van der Waals surface area contributed by atoms with Crippen LogP contribution in [0.15, 0.2) is 24.3 Å². The van der Waals surface area contributed by atoms with Crippen LogP contribution in [0.25, 0.3) is 0 Å². The smallest absolute Gasteiger partial charge is 0.325 e. The maximum absolute atomic E-state index is 11.9. The van der Waals surface area contributed by atoms with Gasteiger partial charge >= 0.3 is 5.97 Å². The van der Waals surface area contributed by atoms with E-state index in [-0.39, 0.29) is 18.4 Å². The van der Waals surface area contributed by atoms with E-state index in [0.29, 0.717) is 18.1 Å². The second-order valence-electron chi connectivity index (χ2n) is 6.67. The molecule has 0 aromatic heterocycles. The molecule has 0 radical (unpaired) electrons. The van der Waals surface area contributed by atoms with E-state index < -0.39 is 0 Å². The predicted octanol–water partition coefficient (Wildman–Crippen LogP) is 4.76. The molecule has 0 saturated heterocycles. The number of benzene rings is 1. The fraction of sp³-hybridized carbons (Fsp3) is 0.636. The maximum Gasteiger partial charge on any atom is 0.325 e. The molecule has 4 heteroatoms. The number of amides is 1. The molecular weight excluding hydrogens is 326 g/mol. The summed E-state index contributed by atoms with van der Waals surface area (Å²) >= 11 is 0. The largest absolute Gasteiger partial charge is 0.464 e. The molecular formula is C22H35NO3. The highest BCUT2D eigenvalue weighted by molar-refractivity contribution is 5.95. The van der Waals surface area contributed by atoms with Crippen LogP contribution in [0.5, 0.6) is 0 Å². The van der Waals surface area contributed by atoms with E-state index in [9.17, 15) is 9.59 Å². The lowest BCUT2D eigenvalue weighted by atomic mass is 9.90. The first-order valence-corrected chi connectivity index (χ1v) is 10.1. The van der Waals surface area contributed by atoms with E-state index in [1.165, 1.54) is 25.7 Å². The summed E-state index contributed by atoms with van der Waals surface area (Å²) in [5.41, 5.74) is 1.66. The molecule has 26 heavy (non-hydrogen) atoms. The minimum Gasteiger partial charge on any atom is -0.464 e. The van der Waals surface area contributed by atoms with Crippen LogP contribution in [0.2, 0.25) is 0 Å². The summed E-state index contributed by atoms with van der Waals surface area (Å²) in [6, 6.07) is 7.27. The van der Waals surface area contributed by atoms with Crippen molar-refractivity contribution in [2.24, 2.45) is 17.8 Å². The second-order valence-corrected chi connectivity index (χ2v) is 6.67. The van der Waals surface area contributed by atoms with Crippen molar-refractivity contribution >= 4 is 11.9 Å². The Kier molecular flexibility index (Phi) is 10.0. The number of esters is 1. The highest BCUT2D eigenvalue weighted by Crippen LogP contribution is 2.48. The lowest BCUT2D eigenvalue weighted by Crippen LogP contribution is -2.31. The number of aryl methyl sites for hydroxylation is 1. The first kappa shape index (κ1) is 22.2. The van der Waals surface area contributed by atoms with Gasteiger partial charge in [0.05, 0.1) is 6.61 Å². The predicted molar refractivity (Wildman–Crippen MR) is 106 cm³/mol. The van der Waals surface area contributed by atoms with Gasteiger partial charge in [-0.25, -0.2) is 0 Å². The molecule has 1 N–H and O–H groups in total. The van der Waals surface area contributed by atoms with Crippen molar-refractivity contribution in [3.05, 3.63) is 35.4 Å². The summed E-state index contributed by atoms with van der Waals surface area (Å²) in [6.45, 7) is 10.4. The molecule has 1 aromatic rings. The van der Waals surface area contributed by atoms with Crippen molar-refractivity contribution < 1.29 is 14.3 Å². The molecule has 2 bridgehead atoms. The minimum atomic E-state index is -0.344. The molecule has 2 aliphatic carbocycles. The Morgan fingerprint density at radius 3 is 2.23 bits per heavy atom. The third kappa shape index (κ3) is 6.47. The Morgan fingerprint density at radius 1 is 1.04 bits per heavy atom. The number of carbonyl (C=O) groups is 2. The molecule has 0 heterocycles. The van der Waals surface area contributed by atoms with E-state index in [1.807, 2.05) is 46.8 Å². The number of rotatable bonds is 5. The van der Waals surface area contributed by atoms with Crippen LogP contribution in [0.3, 0.4) is 0 Å². The minimum absolute atomic E-state index is 0.0620. The van der Waals surface area contributed by atoms with Gasteiger partial charge in [0, 0.05) is 5.56 Å². The number of hydrogen-bond donors (Lipinski definition) is 1. The van der Waals surface area contributed by atoms with Gasteiger partial charge in [0.1, 0.15) is 6.54 Å². The van der Waals surface area contributed by atoms with Crippen molar-refractivity contribution in [3.63, 3.8) is 0 Å². The molecule has 0 aliphatic heterocycles. The first-order chi connectivity index (χ1) is 12.6. The number of fused-ring (bicyclic) bond motifs is 2. The SMILES string of the molecule is CC.CC.Cc1ccc(C(=O)NCC(=O)OCC2CC3CCC2C3)cc1. The molecule has 3 atom stereocenters. The van der Waals surface area contributed by atoms with E-state index in [2.05, 4.69) is 5.32 Å². The van der Waals surface area contributed by atoms with Crippen LogP contribution in [0.1, 0.15) is 69.3 Å². The molecule has 1 amide bonds. The fourth-order valence-electron chi connectivity index (χ4n) is 3.79. The van der Waals surface area contributed by atoms with Crippen molar-refractivity contribution in [3.8, 4) is 0 Å². The quantitative estimate of drug-likeness (QED) is 0.770. The summed E-state index contributed by atoms with van der Waals surface area (Å²) in [7, 11) is 0. The van der Waals surface area contributed by atoms with Gasteiger partial charge < -0.3 is 10.1 Å². The van der Waals surface area contributed by atoms with E-state index in [4.69, 9.17) is 4.74 Å². The van der Waals surface area contributed by atoms with Gasteiger partial charge in [0.2, 0.25) is 0 Å². The number of carbonyl (C=O) groups excluding carboxylic acids is 2. The summed E-state index contributed by atoms with van der Waals surface area (Å²) in [5, 5.41) is 2.61. The molecule has 2 aliphatic rings. The second kappa shape index (κ2) is 11.7. The van der Waals surface area contributed by atoms with Crippen LogP contribution >= 0.6 is 0 Å². The highest BCUT2D eigenvalue weighted by atomic mass is 16.5. The average Bonchev–Trinajstić information content (AvgIpc) is 3.31. The lowest BCUT2D eigenvalue weighted by Gasteiger charge is -2.21. The van der Waals surface area contributed by atoms with Crippen molar-refractivity contribution in [1.29, 1.82) is 0 Å². The summed E-state index contributed by atoms with van der Waals surface area (Å²) < 4.78 is 5.33. The Bertz CT molecular complexity index is 553. The van der Waals surface area contributed by atoms with Crippen molar-refractivity contribution in [1.82, 2.24) is 5.32 Å². The molecule has 1 aromatic carbocycles. The number of hydrogen-bond acceptors (Lipinski definition) is 3. The van der Waals surface area contributed by atoms with Crippen molar-refractivity contribution in [2.75, 3.05) is 13.2 Å². The van der Waals surface area contributed by atoms with Crippen LogP contribution in [0.4, 0.5) is 0 Å². The third-order valence-corrected chi connectivity index (χ3v) is 5.05. The average molecular weight is 362 g/mol. The number of ether oxygens (including phenoxy) is 1. The molecule has 0 spiro atoms. The summed E-state index contributed by atoms with van der Waals surface area (Å²) in [5.74, 6) is 1.56. The van der Waals surface area contributed by atoms with Gasteiger partial charge in [-0.05, 0) is 56.1 Å². The Labute approximate surface area is 158 Å². The molecule has 3 rings (SSSR count). The van der Waals surface area contributed by atoms with Crippen LogP contribution in [0, 0.1) is 24.7 Å². The topological polar surface area (TPSA) is 55.4 Å².